The SMILES string of the molecule is Cc1ccc(-c2cn3ccnc3c(Nc3ccc(C(C)C(=O)N4CCOCC4)cc3)n2)cc1N(C(=O)c1ccccc1)C(C)(C)C. The second-order valence-corrected chi connectivity index (χ2v) is 12.7. The Kier molecular flexibility index (Phi) is 8.60. The van der Waals surface area contributed by atoms with Crippen molar-refractivity contribution in [1.82, 2.24) is 19.3 Å². The van der Waals surface area contributed by atoms with Crippen molar-refractivity contribution in [3.63, 3.8) is 0 Å². The molecule has 1 fully saturated rings. The Morgan fingerprint density at radius 1 is 0.978 bits per heavy atom. The minimum atomic E-state index is -0.471. The van der Waals surface area contributed by atoms with E-state index in [1.54, 1.807) is 6.20 Å². The van der Waals surface area contributed by atoms with Gasteiger partial charge in [-0.15, -0.1) is 0 Å². The summed E-state index contributed by atoms with van der Waals surface area (Å²) in [5, 5.41) is 3.44. The normalized spacial score (nSPS) is 14.2. The average Bonchev–Trinajstić information content (AvgIpc) is 3.55. The molecule has 0 spiro atoms. The van der Waals surface area contributed by atoms with Crippen LogP contribution in [0.1, 0.15) is 55.1 Å². The van der Waals surface area contributed by atoms with Crippen molar-refractivity contribution in [3.8, 4) is 11.3 Å². The van der Waals surface area contributed by atoms with Gasteiger partial charge in [-0.2, -0.15) is 0 Å². The van der Waals surface area contributed by atoms with Crippen LogP contribution in [-0.2, 0) is 9.53 Å². The molecular weight excluding hydrogens is 576 g/mol. The lowest BCUT2D eigenvalue weighted by Gasteiger charge is -2.37. The number of carbonyl (C=O) groups is 2. The molecule has 1 saturated heterocycles. The fraction of sp³-hybridized carbons (Fsp3) is 0.297. The molecule has 0 bridgehead atoms. The number of hydrogen-bond donors (Lipinski definition) is 1. The number of carbonyl (C=O) groups excluding carboxylic acids is 2. The Labute approximate surface area is 269 Å². The summed E-state index contributed by atoms with van der Waals surface area (Å²) in [6.45, 7) is 12.5. The van der Waals surface area contributed by atoms with Crippen LogP contribution in [0.3, 0.4) is 0 Å². The summed E-state index contributed by atoms with van der Waals surface area (Å²) in [5.74, 6) is 0.413. The third kappa shape index (κ3) is 6.37. The minimum Gasteiger partial charge on any atom is -0.378 e. The maximum Gasteiger partial charge on any atom is 0.258 e. The zero-order chi connectivity index (χ0) is 32.4. The van der Waals surface area contributed by atoms with Gasteiger partial charge >= 0.3 is 0 Å². The summed E-state index contributed by atoms with van der Waals surface area (Å²) in [4.78, 5) is 40.2. The number of rotatable bonds is 7. The summed E-state index contributed by atoms with van der Waals surface area (Å²) in [6.07, 6.45) is 5.59. The number of nitrogens with one attached hydrogen (secondary N) is 1. The van der Waals surface area contributed by atoms with E-state index in [0.717, 1.165) is 33.8 Å². The lowest BCUT2D eigenvalue weighted by atomic mass is 9.99. The van der Waals surface area contributed by atoms with Crippen LogP contribution in [0.15, 0.2) is 91.4 Å². The van der Waals surface area contributed by atoms with Gasteiger partial charge in [-0.3, -0.25) is 9.59 Å². The van der Waals surface area contributed by atoms with Gasteiger partial charge in [0.2, 0.25) is 5.91 Å². The van der Waals surface area contributed by atoms with Gasteiger partial charge in [0.25, 0.3) is 5.91 Å². The van der Waals surface area contributed by atoms with Crippen LogP contribution in [0, 0.1) is 6.92 Å². The second kappa shape index (κ2) is 12.8. The van der Waals surface area contributed by atoms with Gasteiger partial charge in [-0.25, -0.2) is 9.97 Å². The minimum absolute atomic E-state index is 0.0573. The van der Waals surface area contributed by atoms with E-state index < -0.39 is 5.54 Å². The quantitative estimate of drug-likeness (QED) is 0.215. The first kappa shape index (κ1) is 31.0. The summed E-state index contributed by atoms with van der Waals surface area (Å²) >= 11 is 0. The largest absolute Gasteiger partial charge is 0.378 e. The molecule has 46 heavy (non-hydrogen) atoms. The molecule has 0 radical (unpaired) electrons. The van der Waals surface area contributed by atoms with Gasteiger partial charge in [0.1, 0.15) is 0 Å². The summed E-state index contributed by atoms with van der Waals surface area (Å²) < 4.78 is 7.34. The van der Waals surface area contributed by atoms with Crippen LogP contribution < -0.4 is 10.2 Å². The number of amides is 2. The van der Waals surface area contributed by atoms with Gasteiger partial charge < -0.3 is 24.3 Å². The molecule has 9 nitrogen and oxygen atoms in total. The van der Waals surface area contributed by atoms with Crippen molar-refractivity contribution >= 4 is 34.7 Å². The number of aromatic nitrogens is 3. The molecule has 1 unspecified atom stereocenters. The standard InChI is InChI=1S/C37H40N6O3/c1-25-11-12-29(23-32(25)43(37(3,4)5)36(45)28-9-7-6-8-10-28)31-24-42-18-17-38-34(42)33(40-31)39-30-15-13-27(14-16-30)26(2)35(44)41-19-21-46-22-20-41/h6-18,23-24,26H,19-22H2,1-5H3,(H,39,40). The zero-order valence-corrected chi connectivity index (χ0v) is 27.0. The van der Waals surface area contributed by atoms with Crippen LogP contribution in [-0.4, -0.2) is 62.9 Å². The number of imidazole rings is 1. The molecule has 0 aliphatic carbocycles. The van der Waals surface area contributed by atoms with Gasteiger partial charge in [0.15, 0.2) is 11.5 Å². The van der Waals surface area contributed by atoms with E-state index in [2.05, 4.69) is 10.3 Å². The number of benzene rings is 3. The number of aryl methyl sites for hydroxylation is 1. The van der Waals surface area contributed by atoms with Crippen molar-refractivity contribution in [2.75, 3.05) is 36.5 Å². The summed E-state index contributed by atoms with van der Waals surface area (Å²) in [5.41, 5.74) is 6.07. The maximum atomic E-state index is 13.8. The molecule has 6 rings (SSSR count). The molecule has 0 saturated carbocycles. The van der Waals surface area contributed by atoms with Crippen LogP contribution >= 0.6 is 0 Å². The Morgan fingerprint density at radius 3 is 2.39 bits per heavy atom. The molecule has 3 heterocycles. The first-order valence-electron chi connectivity index (χ1n) is 15.7. The third-order valence-corrected chi connectivity index (χ3v) is 8.38. The van der Waals surface area contributed by atoms with E-state index in [1.807, 2.05) is 134 Å². The fourth-order valence-electron chi connectivity index (χ4n) is 5.84. The van der Waals surface area contributed by atoms with Crippen molar-refractivity contribution in [1.29, 1.82) is 0 Å². The molecule has 3 aromatic carbocycles. The number of hydrogen-bond acceptors (Lipinski definition) is 6. The average molecular weight is 617 g/mol. The van der Waals surface area contributed by atoms with Gasteiger partial charge in [-0.05, 0) is 76.1 Å². The van der Waals surface area contributed by atoms with Crippen molar-refractivity contribution in [2.45, 2.75) is 46.1 Å². The predicted octanol–water partition coefficient (Wildman–Crippen LogP) is 6.86. The molecule has 236 valence electrons. The first-order valence-corrected chi connectivity index (χ1v) is 15.7. The van der Waals surface area contributed by atoms with E-state index >= 15 is 0 Å². The number of nitrogens with zero attached hydrogens (tertiary/aromatic N) is 5. The second-order valence-electron chi connectivity index (χ2n) is 12.7. The zero-order valence-electron chi connectivity index (χ0n) is 27.0. The Balaban J connectivity index is 1.30. The monoisotopic (exact) mass is 616 g/mol. The molecule has 5 aromatic rings. The maximum absolute atomic E-state index is 13.8. The van der Waals surface area contributed by atoms with Crippen LogP contribution in [0.25, 0.3) is 16.9 Å². The molecule has 1 N–H and O–H groups in total. The molecule has 9 heteroatoms. The number of anilines is 3. The van der Waals surface area contributed by atoms with E-state index in [1.165, 1.54) is 0 Å². The lowest BCUT2D eigenvalue weighted by molar-refractivity contribution is -0.136. The third-order valence-electron chi connectivity index (χ3n) is 8.38. The number of fused-ring (bicyclic) bond motifs is 1. The van der Waals surface area contributed by atoms with Crippen LogP contribution in [0.4, 0.5) is 17.2 Å². The molecule has 2 amide bonds. The van der Waals surface area contributed by atoms with E-state index in [-0.39, 0.29) is 17.7 Å². The highest BCUT2D eigenvalue weighted by molar-refractivity contribution is 6.07. The smallest absolute Gasteiger partial charge is 0.258 e. The van der Waals surface area contributed by atoms with Crippen LogP contribution in [0.2, 0.25) is 0 Å². The summed E-state index contributed by atoms with van der Waals surface area (Å²) in [6, 6.07) is 23.4. The highest BCUT2D eigenvalue weighted by Crippen LogP contribution is 2.34. The van der Waals surface area contributed by atoms with Gasteiger partial charge in [-0.1, -0.05) is 42.5 Å². The van der Waals surface area contributed by atoms with Crippen molar-refractivity contribution < 1.29 is 14.3 Å². The molecular formula is C37H40N6O3. The Hall–Kier alpha value is -5.02. The van der Waals surface area contributed by atoms with E-state index in [9.17, 15) is 9.59 Å². The first-order chi connectivity index (χ1) is 22.1. The Bertz CT molecular complexity index is 1850. The fourth-order valence-corrected chi connectivity index (χ4v) is 5.84. The highest BCUT2D eigenvalue weighted by Gasteiger charge is 2.30. The number of ether oxygens (including phenoxy) is 1. The lowest BCUT2D eigenvalue weighted by Crippen LogP contribution is -2.46. The predicted molar refractivity (Wildman–Crippen MR) is 182 cm³/mol. The van der Waals surface area contributed by atoms with E-state index in [0.29, 0.717) is 43.3 Å². The van der Waals surface area contributed by atoms with Crippen molar-refractivity contribution in [2.24, 2.45) is 0 Å². The van der Waals surface area contributed by atoms with E-state index in [4.69, 9.17) is 9.72 Å². The topological polar surface area (TPSA) is 92.1 Å². The van der Waals surface area contributed by atoms with Crippen molar-refractivity contribution in [3.05, 3.63) is 108 Å². The Morgan fingerprint density at radius 2 is 1.70 bits per heavy atom. The molecule has 1 atom stereocenters. The van der Waals surface area contributed by atoms with Gasteiger partial charge in [0.05, 0.1) is 24.8 Å². The molecule has 1 aliphatic rings. The molecule has 2 aromatic heterocycles. The molecule has 1 aliphatic heterocycles. The highest BCUT2D eigenvalue weighted by atomic mass is 16.5. The number of morpholine rings is 1. The summed E-state index contributed by atoms with van der Waals surface area (Å²) in [7, 11) is 0. The van der Waals surface area contributed by atoms with Gasteiger partial charge in [0, 0.05) is 59.7 Å². The van der Waals surface area contributed by atoms with Crippen LogP contribution in [0.5, 0.6) is 0 Å².